The molecule has 3 aliphatic heterocycles. The van der Waals surface area contributed by atoms with Crippen LogP contribution in [0, 0.1) is 5.82 Å². The number of ether oxygens (including phenoxy) is 1. The maximum absolute atomic E-state index is 13.4. The summed E-state index contributed by atoms with van der Waals surface area (Å²) in [5.74, 6) is -1.06. The van der Waals surface area contributed by atoms with Crippen LogP contribution in [-0.2, 0) is 14.3 Å². The summed E-state index contributed by atoms with van der Waals surface area (Å²) >= 11 is 7.01. The molecule has 4 rings (SSSR count). The lowest BCUT2D eigenvalue weighted by Crippen LogP contribution is -2.56. The van der Waals surface area contributed by atoms with Crippen molar-refractivity contribution in [3.05, 3.63) is 29.0 Å². The molecular weight excluding hydrogens is 535 g/mol. The van der Waals surface area contributed by atoms with Crippen LogP contribution in [0.15, 0.2) is 18.2 Å². The van der Waals surface area contributed by atoms with E-state index in [2.05, 4.69) is 20.3 Å². The average molecular weight is 571 g/mol. The van der Waals surface area contributed by atoms with Crippen LogP contribution in [0.25, 0.3) is 0 Å². The number of likely N-dealkylation sites (N-methyl/N-ethyl adjacent to an activating group) is 1. The largest absolute Gasteiger partial charge is 0.448 e. The van der Waals surface area contributed by atoms with E-state index in [1.165, 1.54) is 49.6 Å². The molecule has 13 heteroatoms. The summed E-state index contributed by atoms with van der Waals surface area (Å²) in [4.78, 5) is 42.3. The van der Waals surface area contributed by atoms with Crippen LogP contribution in [0.3, 0.4) is 0 Å². The minimum atomic E-state index is -0.581. The lowest BCUT2D eigenvalue weighted by atomic mass is 10.0. The van der Waals surface area contributed by atoms with Crippen molar-refractivity contribution < 1.29 is 23.5 Å². The molecule has 2 atom stereocenters. The number of benzene rings is 1. The Morgan fingerprint density at radius 3 is 2.58 bits per heavy atom. The number of nitrogens with zero attached hydrogens (tertiary/aromatic N) is 3. The highest BCUT2D eigenvalue weighted by molar-refractivity contribution is 7.95. The fourth-order valence-electron chi connectivity index (χ4n) is 4.91. The number of amides is 3. The Labute approximate surface area is 232 Å². The molecule has 3 heterocycles. The maximum atomic E-state index is 13.4. The van der Waals surface area contributed by atoms with Gasteiger partial charge in [-0.25, -0.2) is 18.2 Å². The Bertz CT molecular complexity index is 993. The van der Waals surface area contributed by atoms with E-state index in [0.717, 1.165) is 19.6 Å². The first-order valence-corrected chi connectivity index (χ1v) is 14.3. The smallest absolute Gasteiger partial charge is 0.409 e. The first-order chi connectivity index (χ1) is 18.3. The van der Waals surface area contributed by atoms with Crippen LogP contribution in [-0.4, -0.2) is 96.5 Å². The molecule has 2 unspecified atom stereocenters. The van der Waals surface area contributed by atoms with Gasteiger partial charge in [0.1, 0.15) is 18.5 Å². The number of hydrogen-bond donors (Lipinski definition) is 3. The first kappa shape index (κ1) is 28.9. The van der Waals surface area contributed by atoms with Crippen molar-refractivity contribution in [3.63, 3.8) is 0 Å². The predicted octanol–water partition coefficient (Wildman–Crippen LogP) is 2.85. The molecule has 210 valence electrons. The fraction of sp³-hybridized carbons (Fsp3) is 0.640. The molecule has 38 heavy (non-hydrogen) atoms. The van der Waals surface area contributed by atoms with E-state index in [9.17, 15) is 18.8 Å². The SMILES string of the molecule is CN1SNC(C(=O)NC2CCN(C(=O)OCCN3CCCCC3)CC2)CC1C(=O)Nc1ccc(F)c(Cl)c1. The average Bonchev–Trinajstić information content (AvgIpc) is 2.92. The zero-order valence-corrected chi connectivity index (χ0v) is 23.2. The number of halogens is 2. The standard InChI is InChI=1S/C25H36ClFN6O4S/c1-31-22(24(35)29-18-5-6-20(27)19(26)15-18)16-21(30-38-31)23(34)28-17-7-11-33(12-8-17)25(36)37-14-13-32-9-3-2-4-10-32/h5-6,15,17,21-22,30H,2-4,7-14,16H2,1H3,(H,28,34)(H,29,35). The Balaban J connectivity index is 1.18. The quantitative estimate of drug-likeness (QED) is 0.430. The molecular formula is C25H36ClFN6O4S. The minimum Gasteiger partial charge on any atom is -0.448 e. The van der Waals surface area contributed by atoms with Crippen molar-refractivity contribution in [1.29, 1.82) is 0 Å². The van der Waals surface area contributed by atoms with Crippen molar-refractivity contribution in [3.8, 4) is 0 Å². The molecule has 0 spiro atoms. The molecule has 0 aromatic heterocycles. The van der Waals surface area contributed by atoms with E-state index in [4.69, 9.17) is 16.3 Å². The van der Waals surface area contributed by atoms with Crippen LogP contribution in [0.4, 0.5) is 14.9 Å². The van der Waals surface area contributed by atoms with Gasteiger partial charge in [0, 0.05) is 43.5 Å². The Morgan fingerprint density at radius 2 is 1.87 bits per heavy atom. The van der Waals surface area contributed by atoms with Crippen LogP contribution in [0.5, 0.6) is 0 Å². The van der Waals surface area contributed by atoms with Gasteiger partial charge >= 0.3 is 6.09 Å². The third-order valence-electron chi connectivity index (χ3n) is 7.22. The second kappa shape index (κ2) is 13.8. The highest BCUT2D eigenvalue weighted by Crippen LogP contribution is 2.24. The molecule has 0 bridgehead atoms. The van der Waals surface area contributed by atoms with E-state index in [-0.39, 0.29) is 35.4 Å². The van der Waals surface area contributed by atoms with Gasteiger partial charge in [-0.15, -0.1) is 0 Å². The summed E-state index contributed by atoms with van der Waals surface area (Å²) in [6, 6.07) is 2.78. The van der Waals surface area contributed by atoms with Crippen LogP contribution in [0.2, 0.25) is 5.02 Å². The number of nitrogens with one attached hydrogen (secondary N) is 3. The number of rotatable bonds is 7. The van der Waals surface area contributed by atoms with Gasteiger partial charge in [-0.1, -0.05) is 18.0 Å². The topological polar surface area (TPSA) is 106 Å². The lowest BCUT2D eigenvalue weighted by Gasteiger charge is -2.36. The van der Waals surface area contributed by atoms with Gasteiger partial charge < -0.3 is 20.3 Å². The summed E-state index contributed by atoms with van der Waals surface area (Å²) in [5, 5.41) is 5.73. The van der Waals surface area contributed by atoms with Crippen LogP contribution in [0.1, 0.15) is 38.5 Å². The van der Waals surface area contributed by atoms with Crippen molar-refractivity contribution in [2.24, 2.45) is 0 Å². The second-order valence-corrected chi connectivity index (χ2v) is 11.4. The second-order valence-electron chi connectivity index (χ2n) is 9.96. The fourth-order valence-corrected chi connectivity index (χ4v) is 5.89. The molecule has 3 N–H and O–H groups in total. The number of anilines is 1. The van der Waals surface area contributed by atoms with Gasteiger partial charge in [-0.05, 0) is 70.4 Å². The van der Waals surface area contributed by atoms with E-state index < -0.39 is 17.9 Å². The zero-order chi connectivity index (χ0) is 27.1. The van der Waals surface area contributed by atoms with E-state index in [0.29, 0.717) is 38.2 Å². The van der Waals surface area contributed by atoms with Crippen LogP contribution >= 0.6 is 23.7 Å². The molecule has 0 aliphatic carbocycles. The zero-order valence-electron chi connectivity index (χ0n) is 21.6. The Kier molecular flexibility index (Phi) is 10.5. The van der Waals surface area contributed by atoms with Gasteiger partial charge in [-0.3, -0.25) is 14.5 Å². The van der Waals surface area contributed by atoms with Crippen molar-refractivity contribution in [2.45, 2.75) is 56.7 Å². The summed E-state index contributed by atoms with van der Waals surface area (Å²) in [6.07, 6.45) is 4.94. The summed E-state index contributed by atoms with van der Waals surface area (Å²) in [5.41, 5.74) is 0.385. The molecule has 3 fully saturated rings. The highest BCUT2D eigenvalue weighted by Gasteiger charge is 2.36. The Hall–Kier alpha value is -2.12. The number of carbonyl (C=O) groups is 3. The van der Waals surface area contributed by atoms with Crippen molar-refractivity contribution in [1.82, 2.24) is 24.1 Å². The van der Waals surface area contributed by atoms with Crippen molar-refractivity contribution in [2.75, 3.05) is 51.7 Å². The van der Waals surface area contributed by atoms with Crippen LogP contribution < -0.4 is 15.4 Å². The Morgan fingerprint density at radius 1 is 1.13 bits per heavy atom. The molecule has 0 saturated carbocycles. The van der Waals surface area contributed by atoms with E-state index in [1.807, 2.05) is 0 Å². The van der Waals surface area contributed by atoms with Gasteiger partial charge in [0.25, 0.3) is 0 Å². The lowest BCUT2D eigenvalue weighted by molar-refractivity contribution is -0.125. The minimum absolute atomic E-state index is 0.0556. The molecule has 0 radical (unpaired) electrons. The van der Waals surface area contributed by atoms with Gasteiger partial charge in [0.05, 0.1) is 11.1 Å². The molecule has 1 aromatic rings. The third-order valence-corrected chi connectivity index (χ3v) is 8.45. The van der Waals surface area contributed by atoms with Gasteiger partial charge in [0.15, 0.2) is 0 Å². The van der Waals surface area contributed by atoms with Gasteiger partial charge in [-0.2, -0.15) is 0 Å². The third kappa shape index (κ3) is 7.95. The number of piperidine rings is 2. The number of hydrogen-bond acceptors (Lipinski definition) is 8. The first-order valence-electron chi connectivity index (χ1n) is 13.2. The molecule has 10 nitrogen and oxygen atoms in total. The summed E-state index contributed by atoms with van der Waals surface area (Å²) in [6.45, 7) is 4.36. The molecule has 3 amide bonds. The van der Waals surface area contributed by atoms with E-state index in [1.54, 1.807) is 16.3 Å². The monoisotopic (exact) mass is 570 g/mol. The molecule has 1 aromatic carbocycles. The van der Waals surface area contributed by atoms with Gasteiger partial charge in [0.2, 0.25) is 11.8 Å². The molecule has 3 aliphatic rings. The summed E-state index contributed by atoms with van der Waals surface area (Å²) in [7, 11) is 1.76. The molecule has 3 saturated heterocycles. The maximum Gasteiger partial charge on any atom is 0.409 e. The number of carbonyl (C=O) groups excluding carboxylic acids is 3. The van der Waals surface area contributed by atoms with E-state index >= 15 is 0 Å². The highest BCUT2D eigenvalue weighted by atomic mass is 35.5. The summed E-state index contributed by atoms with van der Waals surface area (Å²) < 4.78 is 23.7. The normalized spacial score (nSPS) is 23.6. The predicted molar refractivity (Wildman–Crippen MR) is 145 cm³/mol. The number of likely N-dealkylation sites (tertiary alicyclic amines) is 2. The van der Waals surface area contributed by atoms with Crippen molar-refractivity contribution >= 4 is 47.3 Å².